The van der Waals surface area contributed by atoms with Crippen LogP contribution in [0, 0.1) is 24.2 Å². The summed E-state index contributed by atoms with van der Waals surface area (Å²) in [6.45, 7) is 1.85. The number of carbonyl (C=O) groups excluding carboxylic acids is 1. The minimum atomic E-state index is -0.363. The number of amides is 1. The molecule has 1 amide bonds. The van der Waals surface area contributed by atoms with Gasteiger partial charge >= 0.3 is 0 Å². The van der Waals surface area contributed by atoms with Crippen molar-refractivity contribution in [1.29, 1.82) is 5.26 Å². The second-order valence-electron chi connectivity index (χ2n) is 4.38. The molecule has 3 nitrogen and oxygen atoms in total. The maximum atomic E-state index is 11.9. The third-order valence-corrected chi connectivity index (χ3v) is 3.36. The van der Waals surface area contributed by atoms with Crippen molar-refractivity contribution in [2.45, 2.75) is 25.8 Å². The molecular formula is C13H13ClN2O. The molecule has 2 rings (SSSR count). The fraction of sp³-hybridized carbons (Fsp3) is 0.385. The van der Waals surface area contributed by atoms with Crippen LogP contribution in [0.2, 0.25) is 5.02 Å². The number of nitriles is 1. The van der Waals surface area contributed by atoms with Crippen LogP contribution in [0.15, 0.2) is 18.2 Å². The zero-order chi connectivity index (χ0) is 12.4. The van der Waals surface area contributed by atoms with E-state index in [9.17, 15) is 4.79 Å². The van der Waals surface area contributed by atoms with E-state index in [1.165, 1.54) is 0 Å². The Balaban J connectivity index is 2.08. The van der Waals surface area contributed by atoms with E-state index in [2.05, 4.69) is 11.4 Å². The van der Waals surface area contributed by atoms with Gasteiger partial charge in [-0.05, 0) is 49.4 Å². The highest BCUT2D eigenvalue weighted by Crippen LogP contribution is 2.32. The van der Waals surface area contributed by atoms with Crippen molar-refractivity contribution < 1.29 is 4.79 Å². The normalized spacial score (nSPS) is 16.1. The molecule has 1 atom stereocenters. The van der Waals surface area contributed by atoms with Crippen molar-refractivity contribution in [2.24, 2.45) is 5.92 Å². The highest BCUT2D eigenvalue weighted by Gasteiger charge is 2.32. The van der Waals surface area contributed by atoms with Gasteiger partial charge in [-0.15, -0.1) is 0 Å². The first-order valence-electron chi connectivity index (χ1n) is 5.58. The number of aryl methyl sites for hydroxylation is 1. The first-order valence-corrected chi connectivity index (χ1v) is 5.96. The minimum absolute atomic E-state index is 0.205. The molecule has 0 aromatic heterocycles. The Kier molecular flexibility index (Phi) is 3.35. The highest BCUT2D eigenvalue weighted by molar-refractivity contribution is 6.31. The Morgan fingerprint density at radius 3 is 2.82 bits per heavy atom. The monoisotopic (exact) mass is 248 g/mol. The van der Waals surface area contributed by atoms with Crippen LogP contribution in [0.1, 0.15) is 28.8 Å². The first kappa shape index (κ1) is 11.9. The quantitative estimate of drug-likeness (QED) is 0.894. The Morgan fingerprint density at radius 2 is 2.29 bits per heavy atom. The molecule has 0 heterocycles. The SMILES string of the molecule is Cc1cc(C(=O)NC(C#N)C2CC2)ccc1Cl. The van der Waals surface area contributed by atoms with Crippen molar-refractivity contribution in [2.75, 3.05) is 0 Å². The molecule has 1 N–H and O–H groups in total. The largest absolute Gasteiger partial charge is 0.336 e. The van der Waals surface area contributed by atoms with Gasteiger partial charge in [0.05, 0.1) is 6.07 Å². The molecule has 1 aliphatic rings. The number of halogens is 1. The predicted octanol–water partition coefficient (Wildman–Crippen LogP) is 2.68. The topological polar surface area (TPSA) is 52.9 Å². The van der Waals surface area contributed by atoms with Crippen LogP contribution < -0.4 is 5.32 Å². The van der Waals surface area contributed by atoms with Gasteiger partial charge in [0.1, 0.15) is 6.04 Å². The number of nitrogens with zero attached hydrogens (tertiary/aromatic N) is 1. The van der Waals surface area contributed by atoms with Crippen molar-refractivity contribution in [3.8, 4) is 6.07 Å². The molecule has 0 bridgehead atoms. The smallest absolute Gasteiger partial charge is 0.252 e. The average Bonchev–Trinajstić information content (AvgIpc) is 3.13. The number of rotatable bonds is 3. The number of hydrogen-bond donors (Lipinski definition) is 1. The van der Waals surface area contributed by atoms with E-state index in [0.717, 1.165) is 18.4 Å². The lowest BCUT2D eigenvalue weighted by Gasteiger charge is -2.10. The van der Waals surface area contributed by atoms with Crippen molar-refractivity contribution >= 4 is 17.5 Å². The second kappa shape index (κ2) is 4.77. The number of benzene rings is 1. The standard InChI is InChI=1S/C13H13ClN2O/c1-8-6-10(4-5-11(8)14)13(17)16-12(7-15)9-2-3-9/h4-6,9,12H,2-3H2,1H3,(H,16,17). The predicted molar refractivity (Wildman–Crippen MR) is 65.8 cm³/mol. The lowest BCUT2D eigenvalue weighted by atomic mass is 10.1. The van der Waals surface area contributed by atoms with Gasteiger partial charge in [0, 0.05) is 10.6 Å². The maximum absolute atomic E-state index is 11.9. The molecule has 0 radical (unpaired) electrons. The van der Waals surface area contributed by atoms with E-state index in [1.807, 2.05) is 6.92 Å². The summed E-state index contributed by atoms with van der Waals surface area (Å²) in [4.78, 5) is 11.9. The summed E-state index contributed by atoms with van der Waals surface area (Å²) in [5.41, 5.74) is 1.41. The van der Waals surface area contributed by atoms with Gasteiger partial charge in [0.2, 0.25) is 0 Å². The fourth-order valence-corrected chi connectivity index (χ4v) is 1.81. The number of carbonyl (C=O) groups is 1. The van der Waals surface area contributed by atoms with E-state index < -0.39 is 0 Å². The van der Waals surface area contributed by atoms with Gasteiger partial charge < -0.3 is 5.32 Å². The lowest BCUT2D eigenvalue weighted by Crippen LogP contribution is -2.35. The van der Waals surface area contributed by atoms with Crippen LogP contribution in [0.5, 0.6) is 0 Å². The Bertz CT molecular complexity index is 489. The zero-order valence-corrected chi connectivity index (χ0v) is 10.3. The van der Waals surface area contributed by atoms with E-state index >= 15 is 0 Å². The molecule has 1 saturated carbocycles. The summed E-state index contributed by atoms with van der Waals surface area (Å²) >= 11 is 5.89. The van der Waals surface area contributed by atoms with Gasteiger partial charge in [0.15, 0.2) is 0 Å². The molecule has 88 valence electrons. The van der Waals surface area contributed by atoms with E-state index in [1.54, 1.807) is 18.2 Å². The van der Waals surface area contributed by atoms with Crippen LogP contribution in [0.4, 0.5) is 0 Å². The van der Waals surface area contributed by atoms with Crippen LogP contribution in [-0.2, 0) is 0 Å². The molecule has 17 heavy (non-hydrogen) atoms. The summed E-state index contributed by atoms with van der Waals surface area (Å²) in [5, 5.41) is 12.3. The molecule has 1 fully saturated rings. The minimum Gasteiger partial charge on any atom is -0.336 e. The summed E-state index contributed by atoms with van der Waals surface area (Å²) in [5.74, 6) is 0.126. The summed E-state index contributed by atoms with van der Waals surface area (Å²) < 4.78 is 0. The third kappa shape index (κ3) is 2.78. The van der Waals surface area contributed by atoms with Gasteiger partial charge in [-0.2, -0.15) is 5.26 Å². The molecule has 0 spiro atoms. The second-order valence-corrected chi connectivity index (χ2v) is 4.79. The molecular weight excluding hydrogens is 236 g/mol. The Hall–Kier alpha value is -1.53. The van der Waals surface area contributed by atoms with E-state index in [-0.39, 0.29) is 11.9 Å². The molecule has 0 saturated heterocycles. The zero-order valence-electron chi connectivity index (χ0n) is 9.53. The van der Waals surface area contributed by atoms with Gasteiger partial charge in [-0.3, -0.25) is 4.79 Å². The highest BCUT2D eigenvalue weighted by atomic mass is 35.5. The van der Waals surface area contributed by atoms with E-state index in [4.69, 9.17) is 16.9 Å². The van der Waals surface area contributed by atoms with Crippen molar-refractivity contribution in [3.05, 3.63) is 34.3 Å². The summed E-state index contributed by atoms with van der Waals surface area (Å²) in [6, 6.07) is 6.88. The van der Waals surface area contributed by atoms with Crippen molar-refractivity contribution in [1.82, 2.24) is 5.32 Å². The van der Waals surface area contributed by atoms with Gasteiger partial charge in [0.25, 0.3) is 5.91 Å². The average molecular weight is 249 g/mol. The first-order chi connectivity index (χ1) is 8.11. The molecule has 0 aliphatic heterocycles. The Labute approximate surface area is 105 Å². The molecule has 1 aromatic carbocycles. The molecule has 1 aromatic rings. The maximum Gasteiger partial charge on any atom is 0.252 e. The van der Waals surface area contributed by atoms with Crippen LogP contribution in [-0.4, -0.2) is 11.9 Å². The van der Waals surface area contributed by atoms with Gasteiger partial charge in [-0.25, -0.2) is 0 Å². The third-order valence-electron chi connectivity index (χ3n) is 2.94. The lowest BCUT2D eigenvalue weighted by molar-refractivity contribution is 0.0942. The van der Waals surface area contributed by atoms with Crippen molar-refractivity contribution in [3.63, 3.8) is 0 Å². The van der Waals surface area contributed by atoms with Crippen LogP contribution in [0.25, 0.3) is 0 Å². The summed E-state index contributed by atoms with van der Waals surface area (Å²) in [7, 11) is 0. The Morgan fingerprint density at radius 1 is 1.59 bits per heavy atom. The number of hydrogen-bond acceptors (Lipinski definition) is 2. The van der Waals surface area contributed by atoms with Crippen LogP contribution in [0.3, 0.4) is 0 Å². The number of nitrogens with one attached hydrogen (secondary N) is 1. The van der Waals surface area contributed by atoms with Gasteiger partial charge in [-0.1, -0.05) is 11.6 Å². The van der Waals surface area contributed by atoms with E-state index in [0.29, 0.717) is 16.5 Å². The van der Waals surface area contributed by atoms with Crippen LogP contribution >= 0.6 is 11.6 Å². The summed E-state index contributed by atoms with van der Waals surface area (Å²) in [6.07, 6.45) is 2.05. The molecule has 4 heteroatoms. The fourth-order valence-electron chi connectivity index (χ4n) is 1.70. The molecule has 1 aliphatic carbocycles. The molecule has 1 unspecified atom stereocenters.